The number of hydrogen-bond acceptors (Lipinski definition) is 5. The summed E-state index contributed by atoms with van der Waals surface area (Å²) in [5.41, 5.74) is 3.82. The Kier molecular flexibility index (Phi) is 5.71. The maximum absolute atomic E-state index is 12.3. The van der Waals surface area contributed by atoms with Crippen molar-refractivity contribution in [2.75, 3.05) is 36.4 Å². The van der Waals surface area contributed by atoms with Gasteiger partial charge in [0, 0.05) is 43.5 Å². The first-order valence-electron chi connectivity index (χ1n) is 9.23. The van der Waals surface area contributed by atoms with Gasteiger partial charge in [0.2, 0.25) is 5.95 Å². The van der Waals surface area contributed by atoms with Crippen LogP contribution in [-0.2, 0) is 0 Å². The standard InChI is InChI=1S/C20H27N5O/c1-14-6-7-17(15(2)12-14)19(26)21-8-9-22-20-23-16(3)13-18(24-20)25-10-4-5-11-25/h6-7,12-13H,4-5,8-11H2,1-3H3,(H,21,26)(H,22,23,24). The number of nitrogens with one attached hydrogen (secondary N) is 2. The number of aromatic nitrogens is 2. The zero-order valence-electron chi connectivity index (χ0n) is 15.8. The minimum absolute atomic E-state index is 0.0489. The number of carbonyl (C=O) groups is 1. The van der Waals surface area contributed by atoms with Gasteiger partial charge in [-0.1, -0.05) is 17.7 Å². The van der Waals surface area contributed by atoms with Crippen LogP contribution in [0.4, 0.5) is 11.8 Å². The molecule has 1 amide bonds. The van der Waals surface area contributed by atoms with Gasteiger partial charge in [-0.15, -0.1) is 0 Å². The van der Waals surface area contributed by atoms with Gasteiger partial charge in [-0.25, -0.2) is 4.98 Å². The van der Waals surface area contributed by atoms with Crippen LogP contribution in [0.15, 0.2) is 24.3 Å². The minimum Gasteiger partial charge on any atom is -0.356 e. The maximum Gasteiger partial charge on any atom is 0.251 e. The van der Waals surface area contributed by atoms with Gasteiger partial charge in [-0.3, -0.25) is 4.79 Å². The van der Waals surface area contributed by atoms with E-state index in [2.05, 4.69) is 25.5 Å². The SMILES string of the molecule is Cc1ccc(C(=O)NCCNc2nc(C)cc(N3CCCC3)n2)c(C)c1. The topological polar surface area (TPSA) is 70.2 Å². The summed E-state index contributed by atoms with van der Waals surface area (Å²) in [4.78, 5) is 23.6. The number of hydrogen-bond donors (Lipinski definition) is 2. The van der Waals surface area contributed by atoms with E-state index in [1.165, 1.54) is 12.8 Å². The highest BCUT2D eigenvalue weighted by atomic mass is 16.1. The van der Waals surface area contributed by atoms with Crippen LogP contribution in [0.1, 0.15) is 40.0 Å². The summed E-state index contributed by atoms with van der Waals surface area (Å²) in [5, 5.41) is 6.16. The fourth-order valence-electron chi connectivity index (χ4n) is 3.25. The van der Waals surface area contributed by atoms with Crippen LogP contribution < -0.4 is 15.5 Å². The van der Waals surface area contributed by atoms with Gasteiger partial charge in [0.25, 0.3) is 5.91 Å². The van der Waals surface area contributed by atoms with Gasteiger partial charge in [0.1, 0.15) is 5.82 Å². The quantitative estimate of drug-likeness (QED) is 0.782. The number of aryl methyl sites for hydroxylation is 3. The molecule has 1 aliphatic rings. The number of amides is 1. The Morgan fingerprint density at radius 2 is 1.85 bits per heavy atom. The number of anilines is 2. The van der Waals surface area contributed by atoms with Crippen molar-refractivity contribution in [2.45, 2.75) is 33.6 Å². The molecule has 0 bridgehead atoms. The highest BCUT2D eigenvalue weighted by Crippen LogP contribution is 2.19. The summed E-state index contributed by atoms with van der Waals surface area (Å²) in [6, 6.07) is 7.88. The first-order valence-corrected chi connectivity index (χ1v) is 9.23. The van der Waals surface area contributed by atoms with Crippen LogP contribution in [0.5, 0.6) is 0 Å². The zero-order chi connectivity index (χ0) is 18.5. The van der Waals surface area contributed by atoms with E-state index in [0.717, 1.165) is 41.3 Å². The summed E-state index contributed by atoms with van der Waals surface area (Å²) in [5.74, 6) is 1.55. The Balaban J connectivity index is 1.52. The molecule has 2 heterocycles. The molecule has 6 heteroatoms. The maximum atomic E-state index is 12.3. The minimum atomic E-state index is -0.0489. The zero-order valence-corrected chi connectivity index (χ0v) is 15.8. The highest BCUT2D eigenvalue weighted by Gasteiger charge is 2.15. The number of rotatable bonds is 6. The second kappa shape index (κ2) is 8.17. The Morgan fingerprint density at radius 1 is 1.08 bits per heavy atom. The molecule has 2 aromatic rings. The first kappa shape index (κ1) is 18.2. The molecule has 1 aromatic carbocycles. The molecule has 138 valence electrons. The molecule has 26 heavy (non-hydrogen) atoms. The molecule has 1 aromatic heterocycles. The third-order valence-corrected chi connectivity index (χ3v) is 4.59. The van der Waals surface area contributed by atoms with Crippen molar-refractivity contribution in [1.29, 1.82) is 0 Å². The predicted octanol–water partition coefficient (Wildman–Crippen LogP) is 2.84. The Labute approximate surface area is 155 Å². The molecule has 0 saturated carbocycles. The molecule has 6 nitrogen and oxygen atoms in total. The smallest absolute Gasteiger partial charge is 0.251 e. The molecule has 0 radical (unpaired) electrons. The van der Waals surface area contributed by atoms with Crippen molar-refractivity contribution in [3.63, 3.8) is 0 Å². The lowest BCUT2D eigenvalue weighted by atomic mass is 10.1. The van der Waals surface area contributed by atoms with Gasteiger partial charge in [-0.05, 0) is 45.2 Å². The largest absolute Gasteiger partial charge is 0.356 e. The van der Waals surface area contributed by atoms with Gasteiger partial charge in [-0.2, -0.15) is 4.98 Å². The van der Waals surface area contributed by atoms with Crippen LogP contribution >= 0.6 is 0 Å². The molecule has 1 fully saturated rings. The monoisotopic (exact) mass is 353 g/mol. The summed E-state index contributed by atoms with van der Waals surface area (Å²) in [6.45, 7) is 9.18. The van der Waals surface area contributed by atoms with Crippen molar-refractivity contribution in [2.24, 2.45) is 0 Å². The highest BCUT2D eigenvalue weighted by molar-refractivity contribution is 5.95. The van der Waals surface area contributed by atoms with Crippen molar-refractivity contribution >= 4 is 17.7 Å². The van der Waals surface area contributed by atoms with Crippen LogP contribution in [-0.4, -0.2) is 42.1 Å². The average Bonchev–Trinajstić information content (AvgIpc) is 3.13. The fourth-order valence-corrected chi connectivity index (χ4v) is 3.25. The molecule has 1 aliphatic heterocycles. The lowest BCUT2D eigenvalue weighted by Gasteiger charge is -2.17. The normalized spacial score (nSPS) is 13.7. The molecule has 2 N–H and O–H groups in total. The Bertz CT molecular complexity index is 784. The molecule has 0 atom stereocenters. The summed E-state index contributed by atoms with van der Waals surface area (Å²) >= 11 is 0. The molecular weight excluding hydrogens is 326 g/mol. The van der Waals surface area contributed by atoms with E-state index in [9.17, 15) is 4.79 Å². The van der Waals surface area contributed by atoms with E-state index in [1.54, 1.807) is 0 Å². The van der Waals surface area contributed by atoms with Gasteiger partial charge < -0.3 is 15.5 Å². The van der Waals surface area contributed by atoms with Crippen molar-refractivity contribution in [1.82, 2.24) is 15.3 Å². The van der Waals surface area contributed by atoms with Crippen LogP contribution in [0, 0.1) is 20.8 Å². The van der Waals surface area contributed by atoms with Crippen LogP contribution in [0.3, 0.4) is 0 Å². The Hall–Kier alpha value is -2.63. The van der Waals surface area contributed by atoms with Crippen LogP contribution in [0.25, 0.3) is 0 Å². The molecule has 0 aliphatic carbocycles. The van der Waals surface area contributed by atoms with E-state index < -0.39 is 0 Å². The van der Waals surface area contributed by atoms with Crippen molar-refractivity contribution in [3.05, 3.63) is 46.6 Å². The van der Waals surface area contributed by atoms with E-state index in [-0.39, 0.29) is 5.91 Å². The lowest BCUT2D eigenvalue weighted by Crippen LogP contribution is -2.29. The second-order valence-electron chi connectivity index (χ2n) is 6.89. The third kappa shape index (κ3) is 4.50. The number of nitrogens with zero attached hydrogens (tertiary/aromatic N) is 3. The molecule has 1 saturated heterocycles. The molecule has 0 spiro atoms. The van der Waals surface area contributed by atoms with Gasteiger partial charge in [0.15, 0.2) is 0 Å². The number of carbonyl (C=O) groups excluding carboxylic acids is 1. The molecular formula is C20H27N5O. The summed E-state index contributed by atoms with van der Waals surface area (Å²) in [6.07, 6.45) is 2.44. The Morgan fingerprint density at radius 3 is 2.58 bits per heavy atom. The van der Waals surface area contributed by atoms with Crippen molar-refractivity contribution in [3.8, 4) is 0 Å². The fraction of sp³-hybridized carbons (Fsp3) is 0.450. The molecule has 3 rings (SSSR count). The summed E-state index contributed by atoms with van der Waals surface area (Å²) < 4.78 is 0. The predicted molar refractivity (Wildman–Crippen MR) is 105 cm³/mol. The van der Waals surface area contributed by atoms with Crippen molar-refractivity contribution < 1.29 is 4.79 Å². The second-order valence-corrected chi connectivity index (χ2v) is 6.89. The average molecular weight is 353 g/mol. The van der Waals surface area contributed by atoms with Crippen LogP contribution in [0.2, 0.25) is 0 Å². The lowest BCUT2D eigenvalue weighted by molar-refractivity contribution is 0.0954. The number of benzene rings is 1. The van der Waals surface area contributed by atoms with E-state index >= 15 is 0 Å². The molecule has 0 unspecified atom stereocenters. The van der Waals surface area contributed by atoms with Gasteiger partial charge >= 0.3 is 0 Å². The van der Waals surface area contributed by atoms with E-state index in [0.29, 0.717) is 19.0 Å². The van der Waals surface area contributed by atoms with E-state index in [1.807, 2.05) is 45.0 Å². The van der Waals surface area contributed by atoms with Gasteiger partial charge in [0.05, 0.1) is 0 Å². The first-order chi connectivity index (χ1) is 12.5. The third-order valence-electron chi connectivity index (χ3n) is 4.59. The summed E-state index contributed by atoms with van der Waals surface area (Å²) in [7, 11) is 0. The van der Waals surface area contributed by atoms with E-state index in [4.69, 9.17) is 0 Å².